The van der Waals surface area contributed by atoms with Crippen molar-refractivity contribution in [2.75, 3.05) is 12.3 Å². The standard InChI is InChI=1S/C17H18FNO2S/c1-2-22(20,21)19-11-10-13-6-3-4-9-16(13)17(19)14-7-5-8-15(18)12-14/h3-9,12,17H,2,10-11H2,1H3. The Morgan fingerprint density at radius 3 is 2.68 bits per heavy atom. The molecule has 0 N–H and O–H groups in total. The minimum absolute atomic E-state index is 0.0426. The molecule has 3 rings (SSSR count). The highest BCUT2D eigenvalue weighted by molar-refractivity contribution is 7.89. The largest absolute Gasteiger partial charge is 0.214 e. The Kier molecular flexibility index (Phi) is 4.02. The van der Waals surface area contributed by atoms with Gasteiger partial charge in [-0.15, -0.1) is 0 Å². The highest BCUT2D eigenvalue weighted by Crippen LogP contribution is 2.37. The number of rotatable bonds is 3. The summed E-state index contributed by atoms with van der Waals surface area (Å²) in [6, 6.07) is 13.5. The van der Waals surface area contributed by atoms with E-state index in [1.165, 1.54) is 16.4 Å². The summed E-state index contributed by atoms with van der Waals surface area (Å²) in [6.07, 6.45) is 0.682. The van der Waals surface area contributed by atoms with Crippen LogP contribution in [0, 0.1) is 5.82 Å². The summed E-state index contributed by atoms with van der Waals surface area (Å²) in [7, 11) is -3.36. The molecule has 0 radical (unpaired) electrons. The van der Waals surface area contributed by atoms with Crippen LogP contribution >= 0.6 is 0 Å². The van der Waals surface area contributed by atoms with Crippen LogP contribution in [0.2, 0.25) is 0 Å². The fraction of sp³-hybridized carbons (Fsp3) is 0.294. The van der Waals surface area contributed by atoms with Crippen LogP contribution in [0.5, 0.6) is 0 Å². The van der Waals surface area contributed by atoms with Gasteiger partial charge in [0.1, 0.15) is 5.82 Å². The molecule has 0 amide bonds. The Labute approximate surface area is 130 Å². The zero-order valence-corrected chi connectivity index (χ0v) is 13.2. The number of fused-ring (bicyclic) bond motifs is 1. The van der Waals surface area contributed by atoms with E-state index in [0.29, 0.717) is 18.5 Å². The third kappa shape index (κ3) is 2.66. The quantitative estimate of drug-likeness (QED) is 0.871. The second-order valence-electron chi connectivity index (χ2n) is 5.42. The van der Waals surface area contributed by atoms with Crippen molar-refractivity contribution in [3.63, 3.8) is 0 Å². The first-order valence-corrected chi connectivity index (χ1v) is 8.96. The van der Waals surface area contributed by atoms with Crippen molar-refractivity contribution < 1.29 is 12.8 Å². The molecule has 0 bridgehead atoms. The molecular formula is C17H18FNO2S. The monoisotopic (exact) mass is 319 g/mol. The van der Waals surface area contributed by atoms with Gasteiger partial charge in [-0.3, -0.25) is 0 Å². The number of sulfonamides is 1. The molecule has 0 spiro atoms. The van der Waals surface area contributed by atoms with Gasteiger partial charge in [0.15, 0.2) is 0 Å². The molecule has 0 saturated heterocycles. The number of hydrogen-bond donors (Lipinski definition) is 0. The van der Waals surface area contributed by atoms with E-state index in [0.717, 1.165) is 11.1 Å². The van der Waals surface area contributed by atoms with Gasteiger partial charge in [0.05, 0.1) is 11.8 Å². The van der Waals surface area contributed by atoms with Crippen LogP contribution < -0.4 is 0 Å². The average molecular weight is 319 g/mol. The van der Waals surface area contributed by atoms with Gasteiger partial charge in [0.2, 0.25) is 10.0 Å². The van der Waals surface area contributed by atoms with Crippen LogP contribution in [-0.2, 0) is 16.4 Å². The van der Waals surface area contributed by atoms with Crippen molar-refractivity contribution in [2.24, 2.45) is 0 Å². The Morgan fingerprint density at radius 1 is 1.18 bits per heavy atom. The minimum atomic E-state index is -3.36. The molecule has 1 aliphatic rings. The van der Waals surface area contributed by atoms with E-state index in [-0.39, 0.29) is 11.6 Å². The Balaban J connectivity index is 2.18. The molecule has 1 unspecified atom stereocenters. The molecule has 1 heterocycles. The molecule has 0 saturated carbocycles. The first-order chi connectivity index (χ1) is 10.5. The van der Waals surface area contributed by atoms with Crippen LogP contribution in [0.3, 0.4) is 0 Å². The average Bonchev–Trinajstić information content (AvgIpc) is 2.53. The third-order valence-electron chi connectivity index (χ3n) is 4.13. The third-order valence-corrected chi connectivity index (χ3v) is 5.96. The van der Waals surface area contributed by atoms with Crippen LogP contribution in [-0.4, -0.2) is 25.0 Å². The highest BCUT2D eigenvalue weighted by Gasteiger charge is 2.35. The van der Waals surface area contributed by atoms with Crippen LogP contribution in [0.25, 0.3) is 0 Å². The van der Waals surface area contributed by atoms with Gasteiger partial charge >= 0.3 is 0 Å². The van der Waals surface area contributed by atoms with E-state index < -0.39 is 16.1 Å². The molecule has 0 aromatic heterocycles. The summed E-state index contributed by atoms with van der Waals surface area (Å²) in [5.41, 5.74) is 2.74. The second kappa shape index (κ2) is 5.82. The Morgan fingerprint density at radius 2 is 1.95 bits per heavy atom. The van der Waals surface area contributed by atoms with Crippen molar-refractivity contribution in [3.8, 4) is 0 Å². The van der Waals surface area contributed by atoms with Gasteiger partial charge in [-0.1, -0.05) is 36.4 Å². The van der Waals surface area contributed by atoms with Crippen molar-refractivity contribution in [3.05, 3.63) is 71.0 Å². The normalized spacial score (nSPS) is 18.9. The molecule has 5 heteroatoms. The van der Waals surface area contributed by atoms with Crippen LogP contribution in [0.15, 0.2) is 48.5 Å². The predicted molar refractivity (Wildman–Crippen MR) is 84.6 cm³/mol. The Hall–Kier alpha value is -1.72. The van der Waals surface area contributed by atoms with Gasteiger partial charge in [-0.25, -0.2) is 12.8 Å². The number of halogens is 1. The molecule has 1 atom stereocenters. The SMILES string of the molecule is CCS(=O)(=O)N1CCc2ccccc2C1c1cccc(F)c1. The fourth-order valence-electron chi connectivity index (χ4n) is 3.03. The smallest absolute Gasteiger partial charge is 0.212 e. The molecule has 2 aromatic rings. The van der Waals surface area contributed by atoms with Crippen molar-refractivity contribution >= 4 is 10.0 Å². The summed E-state index contributed by atoms with van der Waals surface area (Å²) in [6.45, 7) is 2.06. The minimum Gasteiger partial charge on any atom is -0.212 e. The summed E-state index contributed by atoms with van der Waals surface area (Å²) < 4.78 is 40.1. The summed E-state index contributed by atoms with van der Waals surface area (Å²) in [5.74, 6) is -0.310. The molecule has 3 nitrogen and oxygen atoms in total. The van der Waals surface area contributed by atoms with Crippen molar-refractivity contribution in [1.29, 1.82) is 0 Å². The lowest BCUT2D eigenvalue weighted by Gasteiger charge is -2.36. The zero-order chi connectivity index (χ0) is 15.7. The van der Waals surface area contributed by atoms with Gasteiger partial charge in [0.25, 0.3) is 0 Å². The molecule has 116 valence electrons. The van der Waals surface area contributed by atoms with Gasteiger partial charge < -0.3 is 0 Å². The first-order valence-electron chi connectivity index (χ1n) is 7.35. The lowest BCUT2D eigenvalue weighted by Crippen LogP contribution is -2.41. The molecule has 0 aliphatic carbocycles. The lowest BCUT2D eigenvalue weighted by molar-refractivity contribution is 0.344. The lowest BCUT2D eigenvalue weighted by atomic mass is 9.90. The second-order valence-corrected chi connectivity index (χ2v) is 7.63. The van der Waals surface area contributed by atoms with Gasteiger partial charge in [-0.05, 0) is 42.2 Å². The molecule has 2 aromatic carbocycles. The van der Waals surface area contributed by atoms with Crippen LogP contribution in [0.4, 0.5) is 4.39 Å². The number of nitrogens with zero attached hydrogens (tertiary/aromatic N) is 1. The summed E-state index contributed by atoms with van der Waals surface area (Å²) in [5, 5.41) is 0. The van der Waals surface area contributed by atoms with E-state index in [4.69, 9.17) is 0 Å². The molecule has 22 heavy (non-hydrogen) atoms. The molecular weight excluding hydrogens is 301 g/mol. The maximum Gasteiger partial charge on any atom is 0.214 e. The maximum atomic E-state index is 13.6. The van der Waals surface area contributed by atoms with E-state index in [2.05, 4.69) is 0 Å². The molecule has 0 fully saturated rings. The predicted octanol–water partition coefficient (Wildman–Crippen LogP) is 3.12. The van der Waals surface area contributed by atoms with Crippen molar-refractivity contribution in [2.45, 2.75) is 19.4 Å². The Bertz CT molecular complexity index is 789. The zero-order valence-electron chi connectivity index (χ0n) is 12.4. The number of hydrogen-bond acceptors (Lipinski definition) is 2. The fourth-order valence-corrected chi connectivity index (χ4v) is 4.29. The van der Waals surface area contributed by atoms with E-state index >= 15 is 0 Å². The number of benzene rings is 2. The first kappa shape index (κ1) is 15.2. The molecule has 1 aliphatic heterocycles. The summed E-state index contributed by atoms with van der Waals surface area (Å²) in [4.78, 5) is 0. The van der Waals surface area contributed by atoms with E-state index in [1.54, 1.807) is 19.1 Å². The van der Waals surface area contributed by atoms with Crippen molar-refractivity contribution in [1.82, 2.24) is 4.31 Å². The van der Waals surface area contributed by atoms with Crippen LogP contribution in [0.1, 0.15) is 29.7 Å². The van der Waals surface area contributed by atoms with Gasteiger partial charge in [-0.2, -0.15) is 4.31 Å². The van der Waals surface area contributed by atoms with Gasteiger partial charge in [0, 0.05) is 6.54 Å². The van der Waals surface area contributed by atoms with E-state index in [1.807, 2.05) is 24.3 Å². The topological polar surface area (TPSA) is 37.4 Å². The highest BCUT2D eigenvalue weighted by atomic mass is 32.2. The summed E-state index contributed by atoms with van der Waals surface area (Å²) >= 11 is 0. The van der Waals surface area contributed by atoms with E-state index in [9.17, 15) is 12.8 Å². The maximum absolute atomic E-state index is 13.6.